The molecular formula is C15H24N4O. The van der Waals surface area contributed by atoms with Gasteiger partial charge >= 0.3 is 0 Å². The van der Waals surface area contributed by atoms with Gasteiger partial charge in [-0.1, -0.05) is 6.42 Å². The number of hydrogen-bond acceptors (Lipinski definition) is 4. The van der Waals surface area contributed by atoms with Gasteiger partial charge in [0.15, 0.2) is 0 Å². The monoisotopic (exact) mass is 276 g/mol. The van der Waals surface area contributed by atoms with E-state index < -0.39 is 0 Å². The zero-order valence-electron chi connectivity index (χ0n) is 12.1. The van der Waals surface area contributed by atoms with Gasteiger partial charge in [-0.3, -0.25) is 4.79 Å². The van der Waals surface area contributed by atoms with E-state index in [4.69, 9.17) is 0 Å². The second kappa shape index (κ2) is 6.39. The minimum Gasteiger partial charge on any atom is -0.370 e. The lowest BCUT2D eigenvalue weighted by molar-refractivity contribution is 0.357. The molecule has 2 aliphatic rings. The van der Waals surface area contributed by atoms with E-state index in [-0.39, 0.29) is 5.56 Å². The van der Waals surface area contributed by atoms with Gasteiger partial charge in [0.25, 0.3) is 5.56 Å². The van der Waals surface area contributed by atoms with Gasteiger partial charge in [-0.05, 0) is 38.6 Å². The maximum absolute atomic E-state index is 12.1. The van der Waals surface area contributed by atoms with Gasteiger partial charge in [0.05, 0.1) is 11.9 Å². The van der Waals surface area contributed by atoms with Crippen molar-refractivity contribution in [1.29, 1.82) is 0 Å². The van der Waals surface area contributed by atoms with Crippen LogP contribution in [-0.2, 0) is 6.54 Å². The fourth-order valence-corrected chi connectivity index (χ4v) is 3.19. The summed E-state index contributed by atoms with van der Waals surface area (Å²) in [5.74, 6) is 0. The number of aromatic nitrogens is 2. The zero-order chi connectivity index (χ0) is 13.8. The SMILES string of the molecule is O=c1cc(N2CCCC2)cnn1CCC1CCCCN1. The minimum atomic E-state index is 0.0326. The molecule has 3 rings (SSSR count). The summed E-state index contributed by atoms with van der Waals surface area (Å²) in [6.07, 6.45) is 9.08. The molecular weight excluding hydrogens is 252 g/mol. The van der Waals surface area contributed by atoms with Crippen molar-refractivity contribution in [1.82, 2.24) is 15.1 Å². The van der Waals surface area contributed by atoms with Crippen LogP contribution in [0.25, 0.3) is 0 Å². The van der Waals surface area contributed by atoms with Crippen LogP contribution >= 0.6 is 0 Å². The van der Waals surface area contributed by atoms with E-state index in [2.05, 4.69) is 15.3 Å². The summed E-state index contributed by atoms with van der Waals surface area (Å²) >= 11 is 0. The van der Waals surface area contributed by atoms with E-state index in [1.54, 1.807) is 10.7 Å². The number of piperidine rings is 1. The lowest BCUT2D eigenvalue weighted by Crippen LogP contribution is -2.36. The van der Waals surface area contributed by atoms with E-state index in [1.165, 1.54) is 32.1 Å². The quantitative estimate of drug-likeness (QED) is 0.902. The second-order valence-electron chi connectivity index (χ2n) is 5.90. The van der Waals surface area contributed by atoms with Gasteiger partial charge in [-0.15, -0.1) is 0 Å². The van der Waals surface area contributed by atoms with Crippen molar-refractivity contribution in [2.45, 2.75) is 51.1 Å². The Morgan fingerprint density at radius 3 is 2.80 bits per heavy atom. The van der Waals surface area contributed by atoms with Crippen molar-refractivity contribution >= 4 is 5.69 Å². The molecule has 3 heterocycles. The molecule has 20 heavy (non-hydrogen) atoms. The van der Waals surface area contributed by atoms with Crippen LogP contribution in [0.4, 0.5) is 5.69 Å². The summed E-state index contributed by atoms with van der Waals surface area (Å²) in [6.45, 7) is 3.94. The fourth-order valence-electron chi connectivity index (χ4n) is 3.19. The summed E-state index contributed by atoms with van der Waals surface area (Å²) in [5, 5.41) is 7.86. The molecule has 0 spiro atoms. The first-order chi connectivity index (χ1) is 9.83. The van der Waals surface area contributed by atoms with Crippen molar-refractivity contribution in [2.24, 2.45) is 0 Å². The average Bonchev–Trinajstić information content (AvgIpc) is 3.01. The molecule has 0 bridgehead atoms. The molecule has 5 nitrogen and oxygen atoms in total. The normalized spacial score (nSPS) is 23.2. The molecule has 2 aliphatic heterocycles. The van der Waals surface area contributed by atoms with Gasteiger partial charge in [-0.25, -0.2) is 4.68 Å². The lowest BCUT2D eigenvalue weighted by Gasteiger charge is -2.23. The Morgan fingerprint density at radius 1 is 1.25 bits per heavy atom. The number of nitrogens with zero attached hydrogens (tertiary/aromatic N) is 3. The first kappa shape index (κ1) is 13.6. The molecule has 110 valence electrons. The molecule has 0 radical (unpaired) electrons. The highest BCUT2D eigenvalue weighted by Gasteiger charge is 2.15. The number of hydrogen-bond donors (Lipinski definition) is 1. The Hall–Kier alpha value is -1.36. The van der Waals surface area contributed by atoms with E-state index in [0.717, 1.165) is 38.3 Å². The summed E-state index contributed by atoms with van der Waals surface area (Å²) in [6, 6.07) is 2.29. The highest BCUT2D eigenvalue weighted by molar-refractivity contribution is 5.43. The van der Waals surface area contributed by atoms with E-state index in [9.17, 15) is 4.79 Å². The molecule has 2 fully saturated rings. The molecule has 1 unspecified atom stereocenters. The van der Waals surface area contributed by atoms with Crippen LogP contribution in [0.3, 0.4) is 0 Å². The number of rotatable bonds is 4. The molecule has 0 saturated carbocycles. The molecule has 0 aromatic carbocycles. The van der Waals surface area contributed by atoms with Crippen LogP contribution in [0, 0.1) is 0 Å². The van der Waals surface area contributed by atoms with Gasteiger partial charge in [0.2, 0.25) is 0 Å². The van der Waals surface area contributed by atoms with Gasteiger partial charge in [-0.2, -0.15) is 5.10 Å². The Kier molecular flexibility index (Phi) is 4.35. The number of anilines is 1. The Morgan fingerprint density at radius 2 is 2.10 bits per heavy atom. The molecule has 0 aliphatic carbocycles. The third kappa shape index (κ3) is 3.20. The van der Waals surface area contributed by atoms with Crippen LogP contribution in [0.5, 0.6) is 0 Å². The van der Waals surface area contributed by atoms with Crippen molar-refractivity contribution in [3.63, 3.8) is 0 Å². The predicted octanol–water partition coefficient (Wildman–Crippen LogP) is 1.38. The number of aryl methyl sites for hydroxylation is 1. The summed E-state index contributed by atoms with van der Waals surface area (Å²) < 4.78 is 1.61. The Labute approximate surface area is 120 Å². The maximum atomic E-state index is 12.1. The lowest BCUT2D eigenvalue weighted by atomic mass is 10.0. The van der Waals surface area contributed by atoms with Crippen molar-refractivity contribution < 1.29 is 0 Å². The fraction of sp³-hybridized carbons (Fsp3) is 0.733. The maximum Gasteiger partial charge on any atom is 0.268 e. The van der Waals surface area contributed by atoms with Crippen LogP contribution in [-0.4, -0.2) is 35.5 Å². The standard InChI is InChI=1S/C15H24N4O/c20-15-11-14(18-8-3-4-9-18)12-17-19(15)10-6-13-5-1-2-7-16-13/h11-13,16H,1-10H2. The van der Waals surface area contributed by atoms with Crippen LogP contribution < -0.4 is 15.8 Å². The van der Waals surface area contributed by atoms with Crippen molar-refractivity contribution in [3.05, 3.63) is 22.6 Å². The third-order valence-corrected chi connectivity index (χ3v) is 4.43. The molecule has 2 saturated heterocycles. The largest absolute Gasteiger partial charge is 0.370 e. The minimum absolute atomic E-state index is 0.0326. The van der Waals surface area contributed by atoms with Crippen molar-refractivity contribution in [3.8, 4) is 0 Å². The van der Waals surface area contributed by atoms with Gasteiger partial charge in [0, 0.05) is 31.7 Å². The smallest absolute Gasteiger partial charge is 0.268 e. The zero-order valence-corrected chi connectivity index (χ0v) is 12.1. The van der Waals surface area contributed by atoms with Crippen LogP contribution in [0.15, 0.2) is 17.1 Å². The molecule has 1 aromatic rings. The average molecular weight is 276 g/mol. The van der Waals surface area contributed by atoms with E-state index >= 15 is 0 Å². The highest BCUT2D eigenvalue weighted by atomic mass is 16.1. The Balaban J connectivity index is 1.60. The molecule has 5 heteroatoms. The van der Waals surface area contributed by atoms with Gasteiger partial charge < -0.3 is 10.2 Å². The van der Waals surface area contributed by atoms with Crippen LogP contribution in [0.1, 0.15) is 38.5 Å². The van der Waals surface area contributed by atoms with Gasteiger partial charge in [0.1, 0.15) is 0 Å². The third-order valence-electron chi connectivity index (χ3n) is 4.43. The topological polar surface area (TPSA) is 50.2 Å². The highest BCUT2D eigenvalue weighted by Crippen LogP contribution is 2.17. The first-order valence-corrected chi connectivity index (χ1v) is 7.88. The summed E-state index contributed by atoms with van der Waals surface area (Å²) in [4.78, 5) is 14.4. The molecule has 1 atom stereocenters. The molecule has 0 amide bonds. The first-order valence-electron chi connectivity index (χ1n) is 7.88. The molecule has 1 N–H and O–H groups in total. The number of nitrogens with one attached hydrogen (secondary N) is 1. The van der Waals surface area contributed by atoms with E-state index in [1.807, 2.05) is 6.20 Å². The second-order valence-corrected chi connectivity index (χ2v) is 5.90. The van der Waals surface area contributed by atoms with Crippen molar-refractivity contribution in [2.75, 3.05) is 24.5 Å². The molecule has 1 aromatic heterocycles. The summed E-state index contributed by atoms with van der Waals surface area (Å²) in [5.41, 5.74) is 1.02. The summed E-state index contributed by atoms with van der Waals surface area (Å²) in [7, 11) is 0. The predicted molar refractivity (Wildman–Crippen MR) is 80.2 cm³/mol. The van der Waals surface area contributed by atoms with Crippen LogP contribution in [0.2, 0.25) is 0 Å². The Bertz CT molecular complexity index is 487. The van der Waals surface area contributed by atoms with E-state index in [0.29, 0.717) is 6.04 Å².